The van der Waals surface area contributed by atoms with Crippen LogP contribution in [0.15, 0.2) is 36.0 Å². The van der Waals surface area contributed by atoms with Crippen LogP contribution in [-0.4, -0.2) is 41.4 Å². The summed E-state index contributed by atoms with van der Waals surface area (Å²) in [6, 6.07) is 5.81. The molecular formula is C24H21ClFN3O5. The molecule has 0 fully saturated rings. The Labute approximate surface area is 199 Å². The maximum Gasteiger partial charge on any atom is 0.236 e. The molecular weight excluding hydrogens is 465 g/mol. The third kappa shape index (κ3) is 3.22. The van der Waals surface area contributed by atoms with Crippen molar-refractivity contribution in [3.63, 3.8) is 0 Å². The number of aromatic nitrogens is 2. The molecule has 1 spiro atoms. The molecule has 5 rings (SSSR count). The smallest absolute Gasteiger partial charge is 0.236 e. The second kappa shape index (κ2) is 8.02. The van der Waals surface area contributed by atoms with E-state index < -0.39 is 23.1 Å². The first-order chi connectivity index (χ1) is 16.3. The van der Waals surface area contributed by atoms with Gasteiger partial charge in [-0.05, 0) is 24.6 Å². The fraction of sp³-hybridized carbons (Fsp3) is 0.292. The predicted octanol–water partition coefficient (Wildman–Crippen LogP) is 3.97. The summed E-state index contributed by atoms with van der Waals surface area (Å²) in [5.41, 5.74) is 0.267. The fourth-order valence-corrected chi connectivity index (χ4v) is 4.83. The van der Waals surface area contributed by atoms with E-state index in [2.05, 4.69) is 15.3 Å². The molecule has 0 bridgehead atoms. The van der Waals surface area contributed by atoms with Crippen LogP contribution in [0.25, 0.3) is 11.0 Å². The zero-order valence-corrected chi connectivity index (χ0v) is 19.4. The molecule has 2 aliphatic rings. The minimum absolute atomic E-state index is 0.0855. The van der Waals surface area contributed by atoms with Gasteiger partial charge in [-0.2, -0.15) is 0 Å². The van der Waals surface area contributed by atoms with Gasteiger partial charge in [-0.25, -0.2) is 9.37 Å². The van der Waals surface area contributed by atoms with Crippen LogP contribution in [0.4, 0.5) is 4.39 Å². The first kappa shape index (κ1) is 22.2. The van der Waals surface area contributed by atoms with Gasteiger partial charge in [-0.15, -0.1) is 0 Å². The molecule has 2 atom stereocenters. The average Bonchev–Trinajstić information content (AvgIpc) is 3.36. The summed E-state index contributed by atoms with van der Waals surface area (Å²) in [6.07, 6.45) is 1.75. The molecule has 3 aromatic rings. The number of methoxy groups -OCH3 is 2. The van der Waals surface area contributed by atoms with Crippen molar-refractivity contribution in [2.45, 2.75) is 25.5 Å². The van der Waals surface area contributed by atoms with Crippen molar-refractivity contribution in [2.24, 2.45) is 5.92 Å². The molecule has 10 heteroatoms. The van der Waals surface area contributed by atoms with Crippen molar-refractivity contribution in [1.29, 1.82) is 0 Å². The number of aromatic amines is 1. The maximum absolute atomic E-state index is 13.5. The van der Waals surface area contributed by atoms with Crippen LogP contribution < -0.4 is 19.5 Å². The third-order valence-corrected chi connectivity index (χ3v) is 6.64. The van der Waals surface area contributed by atoms with Crippen LogP contribution >= 0.6 is 11.6 Å². The molecule has 1 aromatic heterocycles. The SMILES string of the molecule is COc1cc(OC)c2c(c1Cl)OC1(C(=O)C=C(NCc3nc4ccc(F)cc4[nH]3)CC1C)C2=O. The Morgan fingerprint density at radius 2 is 2.03 bits per heavy atom. The van der Waals surface area contributed by atoms with Gasteiger partial charge in [0, 0.05) is 23.8 Å². The van der Waals surface area contributed by atoms with Crippen LogP contribution in [0.2, 0.25) is 5.02 Å². The second-order valence-electron chi connectivity index (χ2n) is 8.30. The normalized spacial score (nSPS) is 21.4. The van der Waals surface area contributed by atoms with Gasteiger partial charge in [0.25, 0.3) is 0 Å². The number of hydrogen-bond acceptors (Lipinski definition) is 7. The number of carbonyl (C=O) groups is 2. The molecule has 176 valence electrons. The maximum atomic E-state index is 13.5. The number of ether oxygens (including phenoxy) is 3. The lowest BCUT2D eigenvalue weighted by molar-refractivity contribution is -0.129. The molecule has 2 N–H and O–H groups in total. The van der Waals surface area contributed by atoms with Gasteiger partial charge >= 0.3 is 0 Å². The molecule has 2 aromatic carbocycles. The van der Waals surface area contributed by atoms with Gasteiger partial charge in [0.15, 0.2) is 5.75 Å². The van der Waals surface area contributed by atoms with Crippen molar-refractivity contribution in [2.75, 3.05) is 14.2 Å². The number of Topliss-reactive ketones (excluding diaryl/α,β-unsaturated/α-hetero) is 1. The second-order valence-corrected chi connectivity index (χ2v) is 8.68. The number of nitrogens with zero attached hydrogens (tertiary/aromatic N) is 1. The Hall–Kier alpha value is -3.59. The molecule has 2 unspecified atom stereocenters. The lowest BCUT2D eigenvalue weighted by Crippen LogP contribution is -2.55. The average molecular weight is 486 g/mol. The van der Waals surface area contributed by atoms with E-state index in [1.165, 1.54) is 38.5 Å². The molecule has 0 saturated carbocycles. The largest absolute Gasteiger partial charge is 0.496 e. The minimum atomic E-state index is -1.73. The summed E-state index contributed by atoms with van der Waals surface area (Å²) in [4.78, 5) is 34.3. The van der Waals surface area contributed by atoms with E-state index in [0.717, 1.165) is 0 Å². The molecule has 0 radical (unpaired) electrons. The summed E-state index contributed by atoms with van der Waals surface area (Å²) in [5, 5.41) is 3.29. The van der Waals surface area contributed by atoms with E-state index >= 15 is 0 Å². The number of hydrogen-bond donors (Lipinski definition) is 2. The number of rotatable bonds is 5. The van der Waals surface area contributed by atoms with Crippen LogP contribution in [-0.2, 0) is 11.3 Å². The molecule has 1 aliphatic carbocycles. The van der Waals surface area contributed by atoms with Crippen LogP contribution in [0, 0.1) is 11.7 Å². The van der Waals surface area contributed by atoms with Gasteiger partial charge in [-0.1, -0.05) is 18.5 Å². The number of ketones is 2. The number of benzene rings is 2. The van der Waals surface area contributed by atoms with E-state index in [4.69, 9.17) is 25.8 Å². The summed E-state index contributed by atoms with van der Waals surface area (Å²) >= 11 is 6.41. The Bertz CT molecular complexity index is 1380. The number of imidazole rings is 1. The lowest BCUT2D eigenvalue weighted by atomic mass is 9.74. The minimum Gasteiger partial charge on any atom is -0.496 e. The molecule has 0 amide bonds. The van der Waals surface area contributed by atoms with E-state index in [9.17, 15) is 14.0 Å². The highest BCUT2D eigenvalue weighted by atomic mass is 35.5. The van der Waals surface area contributed by atoms with Gasteiger partial charge in [0.1, 0.15) is 33.7 Å². The van der Waals surface area contributed by atoms with Crippen molar-refractivity contribution in [3.8, 4) is 17.2 Å². The topological polar surface area (TPSA) is 103 Å². The number of halogens is 2. The monoisotopic (exact) mass is 485 g/mol. The van der Waals surface area contributed by atoms with Gasteiger partial charge in [0.05, 0.1) is 31.8 Å². The highest BCUT2D eigenvalue weighted by Gasteiger charge is 2.60. The van der Waals surface area contributed by atoms with Crippen molar-refractivity contribution in [1.82, 2.24) is 15.3 Å². The number of carbonyl (C=O) groups excluding carboxylic acids is 2. The van der Waals surface area contributed by atoms with Gasteiger partial charge in [-0.3, -0.25) is 9.59 Å². The lowest BCUT2D eigenvalue weighted by Gasteiger charge is -2.35. The summed E-state index contributed by atoms with van der Waals surface area (Å²) in [7, 11) is 2.86. The standard InChI is InChI=1S/C24H21ClFN3O5/c1-11-6-13(27-10-19-28-14-5-4-12(26)7-15(14)29-19)8-18(30)24(11)23(31)20-16(32-2)9-17(33-3)21(25)22(20)34-24/h4-5,7-9,11,27H,6,10H2,1-3H3,(H,28,29). The number of fused-ring (bicyclic) bond motifs is 2. The fourth-order valence-electron chi connectivity index (χ4n) is 4.57. The summed E-state index contributed by atoms with van der Waals surface area (Å²) in [6.45, 7) is 2.07. The predicted molar refractivity (Wildman–Crippen MR) is 122 cm³/mol. The number of allylic oxidation sites excluding steroid dienone is 1. The van der Waals surface area contributed by atoms with Crippen LogP contribution in [0.3, 0.4) is 0 Å². The highest BCUT2D eigenvalue weighted by molar-refractivity contribution is 6.36. The number of H-pyrrole nitrogens is 1. The summed E-state index contributed by atoms with van der Waals surface area (Å²) < 4.78 is 30.1. The Kier molecular flexibility index (Phi) is 5.24. The zero-order chi connectivity index (χ0) is 24.2. The van der Waals surface area contributed by atoms with Crippen LogP contribution in [0.1, 0.15) is 29.5 Å². The van der Waals surface area contributed by atoms with E-state index in [-0.39, 0.29) is 33.7 Å². The highest BCUT2D eigenvalue weighted by Crippen LogP contribution is 2.52. The van der Waals surface area contributed by atoms with Crippen molar-refractivity contribution >= 4 is 34.2 Å². The first-order valence-electron chi connectivity index (χ1n) is 10.6. The van der Waals surface area contributed by atoms with Gasteiger partial charge in [0.2, 0.25) is 17.2 Å². The zero-order valence-electron chi connectivity index (χ0n) is 18.6. The van der Waals surface area contributed by atoms with Crippen LogP contribution in [0.5, 0.6) is 17.2 Å². The first-order valence-corrected chi connectivity index (χ1v) is 11.0. The van der Waals surface area contributed by atoms with Crippen molar-refractivity contribution < 1.29 is 28.2 Å². The summed E-state index contributed by atoms with van der Waals surface area (Å²) in [5.74, 6) is -0.645. The molecule has 0 saturated heterocycles. The quantitative estimate of drug-likeness (QED) is 0.527. The van der Waals surface area contributed by atoms with E-state index in [1.54, 1.807) is 13.0 Å². The third-order valence-electron chi connectivity index (χ3n) is 6.29. The Morgan fingerprint density at radius 1 is 1.26 bits per heavy atom. The molecule has 1 aliphatic heterocycles. The van der Waals surface area contributed by atoms with Crippen molar-refractivity contribution in [3.05, 3.63) is 58.3 Å². The van der Waals surface area contributed by atoms with E-state index in [1.807, 2.05) is 0 Å². The van der Waals surface area contributed by atoms with E-state index in [0.29, 0.717) is 35.5 Å². The van der Waals surface area contributed by atoms with Gasteiger partial charge < -0.3 is 24.5 Å². The Balaban J connectivity index is 1.42. The number of nitrogens with one attached hydrogen (secondary N) is 2. The molecule has 34 heavy (non-hydrogen) atoms. The molecule has 2 heterocycles. The molecule has 8 nitrogen and oxygen atoms in total. The Morgan fingerprint density at radius 3 is 2.74 bits per heavy atom.